The molecule has 1 aliphatic rings. The molecule has 1 aliphatic heterocycles. The van der Waals surface area contributed by atoms with Crippen molar-refractivity contribution < 1.29 is 88.2 Å². The first-order valence-corrected chi connectivity index (χ1v) is 30.7. The number of likely N-dealkylation sites (tertiary alicyclic amines) is 1. The Bertz CT molecular complexity index is 2590. The lowest BCUT2D eigenvalue weighted by atomic mass is 9.99. The number of benzene rings is 1. The molecule has 0 radical (unpaired) electrons. The van der Waals surface area contributed by atoms with E-state index in [9.17, 15) is 83.1 Å². The smallest absolute Gasteiger partial charge is 0.326 e. The van der Waals surface area contributed by atoms with Crippen LogP contribution in [0.4, 0.5) is 0 Å². The Morgan fingerprint density at radius 2 is 0.945 bits per heavy atom. The third-order valence-corrected chi connectivity index (χ3v) is 14.6. The molecule has 10 amide bonds. The number of rotatable bonds is 41. The van der Waals surface area contributed by atoms with E-state index in [1.807, 2.05) is 0 Å². The number of aliphatic carboxylic acids is 2. The van der Waals surface area contributed by atoms with E-state index < -0.39 is 169 Å². The number of carbonyl (C=O) groups excluding carboxylic acids is 10. The molecule has 1 saturated heterocycles. The number of amides is 10. The lowest BCUT2D eigenvalue weighted by Crippen LogP contribution is -2.62. The molecular weight excluding hydrogens is 1190 g/mol. The van der Waals surface area contributed by atoms with Crippen LogP contribution in [0, 0.1) is 23.7 Å². The molecule has 32 nitrogen and oxygen atoms in total. The first-order chi connectivity index (χ1) is 42.6. The summed E-state index contributed by atoms with van der Waals surface area (Å²) in [5, 5.41) is 85.2. The fourth-order valence-electron chi connectivity index (χ4n) is 9.84. The van der Waals surface area contributed by atoms with Gasteiger partial charge in [-0.15, -0.1) is 0 Å². The average molecular weight is 1290 g/mol. The molecule has 1 fully saturated rings. The van der Waals surface area contributed by atoms with Crippen LogP contribution in [0.3, 0.4) is 0 Å². The van der Waals surface area contributed by atoms with Crippen molar-refractivity contribution in [3.63, 3.8) is 0 Å². The number of phenolic OH excluding ortho intramolecular Hbond substituents is 1. The van der Waals surface area contributed by atoms with Gasteiger partial charge in [-0.1, -0.05) is 67.5 Å². The van der Waals surface area contributed by atoms with Crippen molar-refractivity contribution in [2.75, 3.05) is 26.3 Å². The van der Waals surface area contributed by atoms with E-state index in [0.29, 0.717) is 12.0 Å². The lowest BCUT2D eigenvalue weighted by molar-refractivity contribution is -0.143. The van der Waals surface area contributed by atoms with Gasteiger partial charge in [0.2, 0.25) is 59.1 Å². The predicted octanol–water partition coefficient (Wildman–Crippen LogP) is -4.31. The summed E-state index contributed by atoms with van der Waals surface area (Å²) in [5.41, 5.74) is 17.6. The maximum atomic E-state index is 14.7. The Hall–Kier alpha value is -7.62. The Balaban J connectivity index is 2.38. The van der Waals surface area contributed by atoms with Crippen molar-refractivity contribution in [2.45, 2.75) is 212 Å². The second kappa shape index (κ2) is 39.6. The van der Waals surface area contributed by atoms with Crippen LogP contribution in [0.5, 0.6) is 5.75 Å². The number of hydrogen-bond donors (Lipinski definition) is 19. The average Bonchev–Trinajstić information content (AvgIpc) is 1.90. The van der Waals surface area contributed by atoms with Crippen molar-refractivity contribution in [1.82, 2.24) is 58.1 Å². The van der Waals surface area contributed by atoms with Crippen LogP contribution in [0.25, 0.3) is 0 Å². The van der Waals surface area contributed by atoms with E-state index in [1.165, 1.54) is 29.2 Å². The number of aliphatic hydroxyl groups excluding tert-OH is 3. The van der Waals surface area contributed by atoms with Gasteiger partial charge < -0.3 is 101 Å². The van der Waals surface area contributed by atoms with E-state index in [2.05, 4.69) is 53.2 Å². The van der Waals surface area contributed by atoms with Gasteiger partial charge in [-0.25, -0.2) is 4.79 Å². The Kier molecular flexibility index (Phi) is 34.6. The topological polar surface area (TPSA) is 528 Å². The number of aromatic hydroxyl groups is 1. The largest absolute Gasteiger partial charge is 0.508 e. The molecule has 91 heavy (non-hydrogen) atoms. The number of hydrogen-bond acceptors (Lipinski definition) is 20. The van der Waals surface area contributed by atoms with Crippen LogP contribution in [0.2, 0.25) is 0 Å². The van der Waals surface area contributed by atoms with E-state index in [1.54, 1.807) is 55.4 Å². The minimum Gasteiger partial charge on any atom is -0.508 e. The second-order valence-electron chi connectivity index (χ2n) is 24.7. The zero-order valence-corrected chi connectivity index (χ0v) is 53.5. The molecule has 0 saturated carbocycles. The molecule has 12 atom stereocenters. The minimum atomic E-state index is -1.84. The quantitative estimate of drug-likeness (QED) is 0.0218. The van der Waals surface area contributed by atoms with Crippen LogP contribution in [-0.2, 0) is 64.0 Å². The Morgan fingerprint density at radius 3 is 1.42 bits per heavy atom. The number of carboxylic acids is 2. The number of carbonyl (C=O) groups is 12. The maximum Gasteiger partial charge on any atom is 0.326 e. The molecular formula is C59H100N14O18. The summed E-state index contributed by atoms with van der Waals surface area (Å²) in [6, 6.07) is -10.3. The lowest BCUT2D eigenvalue weighted by Gasteiger charge is -2.32. The van der Waals surface area contributed by atoms with Gasteiger partial charge in [-0.3, -0.25) is 58.1 Å². The molecule has 0 aliphatic carbocycles. The van der Waals surface area contributed by atoms with Gasteiger partial charge in [0.1, 0.15) is 72.5 Å². The van der Waals surface area contributed by atoms with Crippen molar-refractivity contribution in [3.05, 3.63) is 29.8 Å². The van der Waals surface area contributed by atoms with Gasteiger partial charge in [-0.2, -0.15) is 0 Å². The monoisotopic (exact) mass is 1290 g/mol. The normalized spacial score (nSPS) is 16.8. The third kappa shape index (κ3) is 28.6. The summed E-state index contributed by atoms with van der Waals surface area (Å²) < 4.78 is 0. The molecule has 2 rings (SSSR count). The van der Waals surface area contributed by atoms with Gasteiger partial charge in [0.05, 0.1) is 25.4 Å². The number of nitrogens with two attached hydrogens (primary N) is 3. The SMILES string of the molecule is CC(C)C[C@H](NC(=O)[C@H](CO)NC(=O)[C@H](CCCNC(N)N)NC(=O)[C@H](CC(C)C)NC(=O)[C@H](CO)NC(=O)[C@@H](NC(=O)[C@H](CC(C)C)NC(=O)[C@@H]1CCCN1C(=O)[C@H](Cc1ccc(O)cc1)NC(=O)[C@H](CC(C)C)NC(=O)[C@@H](N)CCC(=O)O)[C@@H](C)O)C(=O)O. The summed E-state index contributed by atoms with van der Waals surface area (Å²) in [6.07, 6.45) is -2.95. The van der Waals surface area contributed by atoms with Gasteiger partial charge in [0, 0.05) is 19.4 Å². The summed E-state index contributed by atoms with van der Waals surface area (Å²) in [4.78, 5) is 164. The van der Waals surface area contributed by atoms with E-state index >= 15 is 0 Å². The van der Waals surface area contributed by atoms with Crippen molar-refractivity contribution in [2.24, 2.45) is 40.9 Å². The zero-order valence-electron chi connectivity index (χ0n) is 53.5. The maximum absolute atomic E-state index is 14.7. The van der Waals surface area contributed by atoms with Crippen LogP contribution in [0.1, 0.15) is 132 Å². The highest BCUT2D eigenvalue weighted by molar-refractivity contribution is 5.99. The number of carboxylic acid groups (broad SMARTS) is 2. The van der Waals surface area contributed by atoms with Crippen molar-refractivity contribution in [1.29, 1.82) is 0 Å². The van der Waals surface area contributed by atoms with Gasteiger partial charge in [0.25, 0.3) is 0 Å². The number of phenols is 1. The van der Waals surface area contributed by atoms with Gasteiger partial charge in [0.15, 0.2) is 0 Å². The van der Waals surface area contributed by atoms with Crippen molar-refractivity contribution >= 4 is 71.0 Å². The highest BCUT2D eigenvalue weighted by Gasteiger charge is 2.41. The molecule has 22 N–H and O–H groups in total. The van der Waals surface area contributed by atoms with E-state index in [-0.39, 0.29) is 100 Å². The summed E-state index contributed by atoms with van der Waals surface area (Å²) in [7, 11) is 0. The van der Waals surface area contributed by atoms with E-state index in [0.717, 1.165) is 6.92 Å². The van der Waals surface area contributed by atoms with Crippen LogP contribution in [0.15, 0.2) is 24.3 Å². The second-order valence-corrected chi connectivity index (χ2v) is 24.7. The van der Waals surface area contributed by atoms with E-state index in [4.69, 9.17) is 22.3 Å². The first-order valence-electron chi connectivity index (χ1n) is 30.7. The summed E-state index contributed by atoms with van der Waals surface area (Å²) >= 11 is 0. The molecule has 0 unspecified atom stereocenters. The molecule has 1 aromatic rings. The van der Waals surface area contributed by atoms with Gasteiger partial charge in [-0.05, 0) is 113 Å². The van der Waals surface area contributed by atoms with Crippen LogP contribution >= 0.6 is 0 Å². The fourth-order valence-corrected chi connectivity index (χ4v) is 9.84. The molecule has 0 aromatic heterocycles. The van der Waals surface area contributed by atoms with Gasteiger partial charge >= 0.3 is 11.9 Å². The zero-order chi connectivity index (χ0) is 69.0. The first kappa shape index (κ1) is 79.5. The number of aliphatic hydroxyl groups is 3. The number of nitrogens with zero attached hydrogens (tertiary/aromatic N) is 1. The summed E-state index contributed by atoms with van der Waals surface area (Å²) in [6.45, 7) is 13.2. The predicted molar refractivity (Wildman–Crippen MR) is 329 cm³/mol. The molecule has 514 valence electrons. The minimum absolute atomic E-state index is 0.0312. The molecule has 32 heteroatoms. The van der Waals surface area contributed by atoms with Crippen molar-refractivity contribution in [3.8, 4) is 5.75 Å². The Labute approximate surface area is 530 Å². The standard InChI is InChI=1S/C59H100N14O18/c1-29(2)22-38(65-48(80)36(60)18-19-46(78)79)51(83)68-41(26-34-14-16-35(77)17-15-34)57(89)73-21-11-13-45(73)55(87)67-40(24-31(5)6)52(84)72-47(33(9)76)56(88)71-44(28-75)53(85)66-39(23-30(3)4)50(82)64-37(12-10-20-63-59(61)62)49(81)70-43(27-74)54(86)69-42(58(90)91)25-32(7)8/h14-17,29-33,36-45,47,59,63,74-77H,10-13,18-28,60-62H2,1-9H3,(H,64,82)(H,65,80)(H,66,85)(H,67,87)(H,68,83)(H,69,86)(H,70,81)(H,71,88)(H,72,84)(H,78,79)(H,90,91)/t33-,36+,37+,38+,39+,40+,41+,42+,43+,44+,45+,47+/m1/s1. The summed E-state index contributed by atoms with van der Waals surface area (Å²) in [5.74, 6) is -12.8. The number of nitrogens with one attached hydrogen (secondary N) is 10. The molecule has 0 bridgehead atoms. The third-order valence-electron chi connectivity index (χ3n) is 14.6. The molecule has 1 aromatic carbocycles. The highest BCUT2D eigenvalue weighted by atomic mass is 16.4. The van der Waals surface area contributed by atoms with Crippen LogP contribution in [-0.4, -0.2) is 212 Å². The van der Waals surface area contributed by atoms with Crippen LogP contribution < -0.4 is 70.4 Å². The fraction of sp³-hybridized carbons (Fsp3) is 0.695. The molecule has 0 spiro atoms. The molecule has 1 heterocycles. The highest BCUT2D eigenvalue weighted by Crippen LogP contribution is 2.22. The Morgan fingerprint density at radius 1 is 0.527 bits per heavy atom.